The molecule has 2 aromatic rings. The Bertz CT molecular complexity index is 1120. The van der Waals surface area contributed by atoms with Crippen LogP contribution in [0.15, 0.2) is 41.8 Å². The molecule has 1 aromatic carbocycles. The topological polar surface area (TPSA) is 132 Å². The molecular weight excluding hydrogens is 474 g/mol. The van der Waals surface area contributed by atoms with Gasteiger partial charge in [-0.2, -0.15) is 0 Å². The highest BCUT2D eigenvalue weighted by Gasteiger charge is 2.25. The summed E-state index contributed by atoms with van der Waals surface area (Å²) in [7, 11) is 1.42. The summed E-state index contributed by atoms with van der Waals surface area (Å²) >= 11 is 0. The van der Waals surface area contributed by atoms with Crippen LogP contribution in [0.5, 0.6) is 0 Å². The Balaban J connectivity index is 1.22. The minimum Gasteiger partial charge on any atom is -0.399 e. The molecule has 0 aliphatic carbocycles. The maximum atomic E-state index is 12.7. The Kier molecular flexibility index (Phi) is 9.02. The van der Waals surface area contributed by atoms with Crippen molar-refractivity contribution in [2.24, 2.45) is 5.16 Å². The van der Waals surface area contributed by atoms with Crippen LogP contribution in [-0.4, -0.2) is 94.4 Å². The molecule has 2 aliphatic heterocycles. The van der Waals surface area contributed by atoms with Crippen molar-refractivity contribution in [3.8, 4) is 0 Å². The van der Waals surface area contributed by atoms with Gasteiger partial charge >= 0.3 is 0 Å². The first-order valence-corrected chi connectivity index (χ1v) is 12.6. The lowest BCUT2D eigenvalue weighted by Crippen LogP contribution is -2.44. The molecule has 0 spiro atoms. The van der Waals surface area contributed by atoms with Gasteiger partial charge in [0.15, 0.2) is 0 Å². The number of amides is 2. The van der Waals surface area contributed by atoms with Gasteiger partial charge in [-0.1, -0.05) is 29.4 Å². The SMILES string of the molecule is CO/N=C(/C)C(=O)N1CCC(Nc2cc(C(=O)NC[C@H](O)CN3CCc4ccccc4C3)ncn2)CC1. The van der Waals surface area contributed by atoms with E-state index in [0.717, 1.165) is 32.4 Å². The Hall–Kier alpha value is -3.57. The number of nitrogens with zero attached hydrogens (tertiary/aromatic N) is 5. The van der Waals surface area contributed by atoms with Crippen LogP contribution in [0.2, 0.25) is 0 Å². The number of carbonyl (C=O) groups excluding carboxylic acids is 2. The minimum absolute atomic E-state index is 0.117. The zero-order chi connectivity index (χ0) is 26.2. The highest BCUT2D eigenvalue weighted by molar-refractivity contribution is 6.37. The van der Waals surface area contributed by atoms with E-state index in [2.05, 4.69) is 53.7 Å². The predicted molar refractivity (Wildman–Crippen MR) is 139 cm³/mol. The number of β-amino-alcohol motifs (C(OH)–C–C–N with tert-alkyl or cyclic N) is 1. The Morgan fingerprint density at radius 1 is 1.19 bits per heavy atom. The summed E-state index contributed by atoms with van der Waals surface area (Å²) in [6.45, 7) is 5.13. The van der Waals surface area contributed by atoms with Crippen LogP contribution < -0.4 is 10.6 Å². The van der Waals surface area contributed by atoms with Gasteiger partial charge in [0.1, 0.15) is 30.7 Å². The van der Waals surface area contributed by atoms with Crippen LogP contribution >= 0.6 is 0 Å². The second kappa shape index (κ2) is 12.6. The van der Waals surface area contributed by atoms with E-state index in [4.69, 9.17) is 0 Å². The van der Waals surface area contributed by atoms with E-state index in [1.165, 1.54) is 24.6 Å². The fourth-order valence-electron chi connectivity index (χ4n) is 4.77. The van der Waals surface area contributed by atoms with Gasteiger partial charge in [0.25, 0.3) is 11.8 Å². The van der Waals surface area contributed by atoms with E-state index < -0.39 is 6.10 Å². The number of hydrogen-bond acceptors (Lipinski definition) is 9. The minimum atomic E-state index is -0.681. The quantitative estimate of drug-likeness (QED) is 0.338. The molecule has 3 heterocycles. The molecule has 2 aliphatic rings. The van der Waals surface area contributed by atoms with E-state index in [1.54, 1.807) is 17.9 Å². The van der Waals surface area contributed by atoms with Gasteiger partial charge in [0, 0.05) is 51.4 Å². The van der Waals surface area contributed by atoms with Crippen molar-refractivity contribution in [2.45, 2.75) is 44.9 Å². The van der Waals surface area contributed by atoms with Crippen molar-refractivity contribution in [1.82, 2.24) is 25.1 Å². The molecule has 37 heavy (non-hydrogen) atoms. The number of aliphatic hydroxyl groups excluding tert-OH is 1. The number of carbonyl (C=O) groups is 2. The fourth-order valence-corrected chi connectivity index (χ4v) is 4.77. The molecule has 1 aromatic heterocycles. The van der Waals surface area contributed by atoms with E-state index in [0.29, 0.717) is 31.2 Å². The summed E-state index contributed by atoms with van der Waals surface area (Å²) in [4.78, 5) is 42.0. The zero-order valence-corrected chi connectivity index (χ0v) is 21.4. The number of anilines is 1. The largest absolute Gasteiger partial charge is 0.399 e. The highest BCUT2D eigenvalue weighted by Crippen LogP contribution is 2.19. The van der Waals surface area contributed by atoms with Crippen molar-refractivity contribution in [3.63, 3.8) is 0 Å². The summed E-state index contributed by atoms with van der Waals surface area (Å²) in [5.41, 5.74) is 3.21. The third kappa shape index (κ3) is 7.23. The molecule has 0 radical (unpaired) electrons. The molecule has 1 fully saturated rings. The fraction of sp³-hybridized carbons (Fsp3) is 0.500. The first kappa shape index (κ1) is 26.5. The molecule has 11 nitrogen and oxygen atoms in total. The van der Waals surface area contributed by atoms with E-state index in [-0.39, 0.29) is 30.1 Å². The number of piperidine rings is 1. The Morgan fingerprint density at radius 2 is 1.95 bits per heavy atom. The smallest absolute Gasteiger partial charge is 0.271 e. The third-order valence-electron chi connectivity index (χ3n) is 6.75. The van der Waals surface area contributed by atoms with Gasteiger partial charge in [-0.25, -0.2) is 9.97 Å². The maximum absolute atomic E-state index is 12.7. The van der Waals surface area contributed by atoms with Gasteiger partial charge < -0.3 is 25.5 Å². The Labute approximate surface area is 216 Å². The van der Waals surface area contributed by atoms with Gasteiger partial charge in [-0.05, 0) is 37.3 Å². The van der Waals surface area contributed by atoms with E-state index in [1.807, 2.05) is 6.07 Å². The number of likely N-dealkylation sites (tertiary alicyclic amines) is 1. The Morgan fingerprint density at radius 3 is 2.70 bits per heavy atom. The molecule has 1 atom stereocenters. The second-order valence-electron chi connectivity index (χ2n) is 9.48. The van der Waals surface area contributed by atoms with Crippen LogP contribution in [-0.2, 0) is 22.6 Å². The zero-order valence-electron chi connectivity index (χ0n) is 21.4. The summed E-state index contributed by atoms with van der Waals surface area (Å²) in [5.74, 6) is 0.0602. The number of hydrogen-bond donors (Lipinski definition) is 3. The van der Waals surface area contributed by atoms with Crippen LogP contribution in [0.4, 0.5) is 5.82 Å². The first-order chi connectivity index (χ1) is 17.9. The number of aliphatic hydroxyl groups is 1. The molecule has 0 bridgehead atoms. The lowest BCUT2D eigenvalue weighted by atomic mass is 10.00. The number of aromatic nitrogens is 2. The molecule has 1 saturated heterocycles. The number of benzene rings is 1. The number of rotatable bonds is 9. The molecular formula is C26H35N7O4. The maximum Gasteiger partial charge on any atom is 0.271 e. The van der Waals surface area contributed by atoms with Crippen LogP contribution in [0.1, 0.15) is 41.4 Å². The average molecular weight is 510 g/mol. The third-order valence-corrected chi connectivity index (χ3v) is 6.75. The predicted octanol–water partition coefficient (Wildman–Crippen LogP) is 1.05. The average Bonchev–Trinajstić information content (AvgIpc) is 2.92. The molecule has 198 valence electrons. The lowest BCUT2D eigenvalue weighted by molar-refractivity contribution is -0.125. The number of oxime groups is 1. The van der Waals surface area contributed by atoms with Crippen molar-refractivity contribution in [1.29, 1.82) is 0 Å². The number of fused-ring (bicyclic) bond motifs is 1. The summed E-state index contributed by atoms with van der Waals surface area (Å²) < 4.78 is 0. The monoisotopic (exact) mass is 509 g/mol. The van der Waals surface area contributed by atoms with Crippen molar-refractivity contribution < 1.29 is 19.5 Å². The molecule has 2 amide bonds. The van der Waals surface area contributed by atoms with Gasteiger partial charge in [-0.15, -0.1) is 0 Å². The standard InChI is InChI=1S/C26H35N7O4/c1-18(31-37-2)26(36)33-11-8-21(9-12-33)30-24-13-23(28-17-29-24)25(35)27-14-22(34)16-32-10-7-19-5-3-4-6-20(19)15-32/h3-6,13,17,21-22,34H,7-12,14-16H2,1-2H3,(H,27,35)(H,28,29,30)/b31-18-/t22-/m0/s1. The first-order valence-electron chi connectivity index (χ1n) is 12.6. The van der Waals surface area contributed by atoms with Crippen molar-refractivity contribution >= 4 is 23.3 Å². The summed E-state index contributed by atoms with van der Waals surface area (Å²) in [6.07, 6.45) is 3.11. The highest BCUT2D eigenvalue weighted by atomic mass is 16.6. The second-order valence-corrected chi connectivity index (χ2v) is 9.48. The van der Waals surface area contributed by atoms with Crippen molar-refractivity contribution in [2.75, 3.05) is 45.2 Å². The molecule has 4 rings (SSSR count). The van der Waals surface area contributed by atoms with E-state index in [9.17, 15) is 14.7 Å². The van der Waals surface area contributed by atoms with Gasteiger partial charge in [-0.3, -0.25) is 14.5 Å². The summed E-state index contributed by atoms with van der Waals surface area (Å²) in [5, 5.41) is 20.3. The lowest BCUT2D eigenvalue weighted by Gasteiger charge is -2.32. The van der Waals surface area contributed by atoms with Crippen LogP contribution in [0.25, 0.3) is 0 Å². The van der Waals surface area contributed by atoms with Gasteiger partial charge in [0.2, 0.25) is 0 Å². The van der Waals surface area contributed by atoms with Crippen LogP contribution in [0.3, 0.4) is 0 Å². The molecule has 0 unspecified atom stereocenters. The number of nitrogens with one attached hydrogen (secondary N) is 2. The summed E-state index contributed by atoms with van der Waals surface area (Å²) in [6, 6.07) is 10.1. The van der Waals surface area contributed by atoms with Crippen LogP contribution in [0, 0.1) is 0 Å². The normalized spacial score (nSPS) is 17.6. The molecule has 0 saturated carbocycles. The van der Waals surface area contributed by atoms with Gasteiger partial charge in [0.05, 0.1) is 6.10 Å². The molecule has 11 heteroatoms. The van der Waals surface area contributed by atoms with Crippen molar-refractivity contribution in [3.05, 3.63) is 53.5 Å². The molecule has 3 N–H and O–H groups in total. The van der Waals surface area contributed by atoms with E-state index >= 15 is 0 Å².